The summed E-state index contributed by atoms with van der Waals surface area (Å²) in [4.78, 5) is 55.3. The van der Waals surface area contributed by atoms with Gasteiger partial charge in [0.05, 0.1) is 18.7 Å². The van der Waals surface area contributed by atoms with E-state index < -0.39 is 29.2 Å². The largest absolute Gasteiger partial charge is 0.477 e. The van der Waals surface area contributed by atoms with Gasteiger partial charge < -0.3 is 20.6 Å². The number of amides is 3. The number of aliphatic carboxylic acids is 1. The summed E-state index contributed by atoms with van der Waals surface area (Å²) >= 11 is 3.89. The number of carbonyl (C=O) groups is 4. The number of rotatable bonds is 12. The van der Waals surface area contributed by atoms with E-state index in [1.807, 2.05) is 19.0 Å². The van der Waals surface area contributed by atoms with E-state index in [1.165, 1.54) is 39.8 Å². The third kappa shape index (κ3) is 5.69. The van der Waals surface area contributed by atoms with Gasteiger partial charge in [0, 0.05) is 23.4 Å². The number of tetrazole rings is 1. The van der Waals surface area contributed by atoms with Crippen LogP contribution in [0.2, 0.25) is 0 Å². The molecule has 2 atom stereocenters. The van der Waals surface area contributed by atoms with Gasteiger partial charge in [0.15, 0.2) is 5.13 Å². The zero-order chi connectivity index (χ0) is 25.8. The topological polar surface area (TPSA) is 176 Å². The Morgan fingerprint density at radius 2 is 2.19 bits per heavy atom. The molecular formula is C19H23N9O5S3. The molecule has 0 aromatic carbocycles. The summed E-state index contributed by atoms with van der Waals surface area (Å²) in [6, 6.07) is -0.824. The van der Waals surface area contributed by atoms with E-state index in [1.54, 1.807) is 10.1 Å². The summed E-state index contributed by atoms with van der Waals surface area (Å²) in [5, 5.41) is 28.7. The number of fused-ring (bicyclic) bond motifs is 1. The lowest BCUT2D eigenvalue weighted by Gasteiger charge is -2.49. The predicted molar refractivity (Wildman–Crippen MR) is 132 cm³/mol. The van der Waals surface area contributed by atoms with E-state index in [0.717, 1.165) is 6.54 Å². The number of thiazole rings is 1. The molecule has 3 N–H and O–H groups in total. The highest BCUT2D eigenvalue weighted by Crippen LogP contribution is 2.41. The van der Waals surface area contributed by atoms with Crippen LogP contribution in [0.25, 0.3) is 0 Å². The molecule has 0 saturated carbocycles. The van der Waals surface area contributed by atoms with Crippen LogP contribution in [0.4, 0.5) is 5.13 Å². The van der Waals surface area contributed by atoms with E-state index in [4.69, 9.17) is 0 Å². The Bertz CT molecular complexity index is 1200. The van der Waals surface area contributed by atoms with Crippen molar-refractivity contribution in [3.63, 3.8) is 0 Å². The average Bonchev–Trinajstić information content (AvgIpc) is 3.48. The van der Waals surface area contributed by atoms with Crippen molar-refractivity contribution in [1.29, 1.82) is 0 Å². The summed E-state index contributed by atoms with van der Waals surface area (Å²) in [6.45, 7) is 1.33. The molecule has 4 rings (SSSR count). The molecule has 1 saturated heterocycles. The summed E-state index contributed by atoms with van der Waals surface area (Å²) in [6.07, 6.45) is 0.433. The molecule has 2 aliphatic heterocycles. The fourth-order valence-electron chi connectivity index (χ4n) is 3.57. The minimum absolute atomic E-state index is 0.0573. The first kappa shape index (κ1) is 26.1. The quantitative estimate of drug-likeness (QED) is 0.172. The van der Waals surface area contributed by atoms with Gasteiger partial charge in [0.25, 0.3) is 5.91 Å². The summed E-state index contributed by atoms with van der Waals surface area (Å²) in [5.41, 5.74) is 0.991. The fourth-order valence-corrected chi connectivity index (χ4v) is 6.63. The Morgan fingerprint density at radius 1 is 1.39 bits per heavy atom. The molecule has 0 aliphatic carbocycles. The maximum Gasteiger partial charge on any atom is 0.352 e. The van der Waals surface area contributed by atoms with Gasteiger partial charge in [-0.1, -0.05) is 11.8 Å². The summed E-state index contributed by atoms with van der Waals surface area (Å²) in [5.74, 6) is -1.38. The van der Waals surface area contributed by atoms with E-state index >= 15 is 0 Å². The van der Waals surface area contributed by atoms with Crippen molar-refractivity contribution in [3.8, 4) is 0 Å². The maximum absolute atomic E-state index is 12.9. The van der Waals surface area contributed by atoms with Crippen molar-refractivity contribution in [2.24, 2.45) is 0 Å². The highest BCUT2D eigenvalue weighted by molar-refractivity contribution is 8.01. The van der Waals surface area contributed by atoms with Crippen LogP contribution in [-0.2, 0) is 32.1 Å². The monoisotopic (exact) mass is 554 g/mol. The molecule has 4 heterocycles. The zero-order valence-electron chi connectivity index (χ0n) is 19.3. The van der Waals surface area contributed by atoms with Crippen molar-refractivity contribution in [2.75, 3.05) is 37.5 Å². The molecule has 192 valence electrons. The van der Waals surface area contributed by atoms with E-state index in [0.29, 0.717) is 46.0 Å². The molecule has 2 aromatic heterocycles. The number of hydrogen-bond acceptors (Lipinski definition) is 12. The molecule has 0 radical (unpaired) electrons. The maximum atomic E-state index is 12.9. The van der Waals surface area contributed by atoms with Crippen LogP contribution in [-0.4, -0.2) is 108 Å². The number of carbonyl (C=O) groups excluding carboxylic acids is 3. The Hall–Kier alpha value is -3.02. The van der Waals surface area contributed by atoms with Crippen LogP contribution in [0, 0.1) is 0 Å². The Morgan fingerprint density at radius 3 is 2.92 bits per heavy atom. The first-order valence-corrected chi connectivity index (χ1v) is 13.6. The molecule has 2 aliphatic rings. The number of β-lactam (4-membered cyclic amide) rings is 1. The minimum atomic E-state index is -1.20. The number of thioether (sulfide) groups is 2. The Labute approximate surface area is 217 Å². The molecule has 14 nitrogen and oxygen atoms in total. The van der Waals surface area contributed by atoms with Crippen LogP contribution >= 0.6 is 34.9 Å². The van der Waals surface area contributed by atoms with Crippen LogP contribution < -0.4 is 10.6 Å². The highest BCUT2D eigenvalue weighted by atomic mass is 32.2. The van der Waals surface area contributed by atoms with Crippen molar-refractivity contribution >= 4 is 64.2 Å². The van der Waals surface area contributed by atoms with E-state index in [9.17, 15) is 24.3 Å². The number of carboxylic acids is 1. The first-order valence-electron chi connectivity index (χ1n) is 10.7. The SMILES string of the molecule is CN(C)CCn1nnnc1SCC1=C(C(=O)O)N2C(=O)[C@@H](NC(=O)Cc3csc(NC=O)[15n]3)[C@H]2SC1. The number of anilines is 1. The van der Waals surface area contributed by atoms with Crippen LogP contribution in [0.1, 0.15) is 5.69 Å². The molecule has 36 heavy (non-hydrogen) atoms. The molecule has 0 bridgehead atoms. The third-order valence-electron chi connectivity index (χ3n) is 5.28. The second kappa shape index (κ2) is 11.4. The van der Waals surface area contributed by atoms with Gasteiger partial charge in [0.2, 0.25) is 17.5 Å². The number of aromatic nitrogens is 5. The average molecular weight is 555 g/mol. The molecule has 17 heteroatoms. The number of nitrogens with one attached hydrogen (secondary N) is 2. The van der Waals surface area contributed by atoms with Gasteiger partial charge in [-0.3, -0.25) is 19.3 Å². The van der Waals surface area contributed by atoms with Gasteiger partial charge in [-0.15, -0.1) is 28.2 Å². The van der Waals surface area contributed by atoms with Gasteiger partial charge in [0.1, 0.15) is 17.1 Å². The number of nitrogens with zero attached hydrogens (tertiary/aromatic N) is 7. The second-order valence-corrected chi connectivity index (χ2v) is 11.0. The molecule has 1 fully saturated rings. The van der Waals surface area contributed by atoms with Crippen LogP contribution in [0.15, 0.2) is 21.8 Å². The molecule has 3 amide bonds. The Balaban J connectivity index is 1.39. The van der Waals surface area contributed by atoms with Crippen LogP contribution in [0.5, 0.6) is 0 Å². The van der Waals surface area contributed by atoms with Crippen LogP contribution in [0.3, 0.4) is 0 Å². The van der Waals surface area contributed by atoms with Gasteiger partial charge >= 0.3 is 5.97 Å². The van der Waals surface area contributed by atoms with Gasteiger partial charge in [-0.05, 0) is 30.1 Å². The predicted octanol–water partition coefficient (Wildman–Crippen LogP) is -0.667. The second-order valence-electron chi connectivity index (χ2n) is 8.07. The normalized spacial score (nSPS) is 19.2. The molecule has 0 unspecified atom stereocenters. The number of likely N-dealkylation sites (N-methyl/N-ethyl adjacent to an activating group) is 1. The molecule has 2 aromatic rings. The highest BCUT2D eigenvalue weighted by Gasteiger charge is 2.54. The lowest BCUT2D eigenvalue weighted by molar-refractivity contribution is -0.150. The summed E-state index contributed by atoms with van der Waals surface area (Å²) < 4.78 is 1.66. The standard InChI is InChI=1S/C19H23N9O5S3/c1-26(2)3-4-27-19(23-24-25-27)36-7-10-6-34-16-13(15(31)28(16)14(10)17(32)33)22-12(30)5-11-8-35-18(21-11)20-9-29/h8-9,13,16H,3-7H2,1-2H3,(H,22,30)(H,32,33)(H,20,21,29)/t13-,16-/m1/s1/i21+1. The van der Waals surface area contributed by atoms with Gasteiger partial charge in [-0.25, -0.2) is 14.5 Å². The first-order chi connectivity index (χ1) is 17.3. The smallest absolute Gasteiger partial charge is 0.352 e. The van der Waals surface area contributed by atoms with Crippen molar-refractivity contribution in [3.05, 3.63) is 22.3 Å². The number of carboxylic acid groups (broad SMARTS) is 1. The molecular weight excluding hydrogens is 531 g/mol. The zero-order valence-corrected chi connectivity index (χ0v) is 21.7. The van der Waals surface area contributed by atoms with E-state index in [-0.39, 0.29) is 12.1 Å². The van der Waals surface area contributed by atoms with Crippen molar-refractivity contribution < 1.29 is 24.3 Å². The van der Waals surface area contributed by atoms with Gasteiger partial charge in [-0.2, -0.15) is 0 Å². The van der Waals surface area contributed by atoms with Crippen molar-refractivity contribution in [2.45, 2.75) is 29.5 Å². The lowest BCUT2D eigenvalue weighted by Crippen LogP contribution is -2.70. The van der Waals surface area contributed by atoms with Crippen molar-refractivity contribution in [1.82, 2.24) is 40.3 Å². The fraction of sp³-hybridized carbons (Fsp3) is 0.474. The Kier molecular flexibility index (Phi) is 8.22. The lowest BCUT2D eigenvalue weighted by atomic mass is 10.0. The third-order valence-corrected chi connectivity index (χ3v) is 8.48. The van der Waals surface area contributed by atoms with E-state index in [2.05, 4.69) is 31.1 Å². The summed E-state index contributed by atoms with van der Waals surface area (Å²) in [7, 11) is 3.89. The molecule has 0 spiro atoms. The minimum Gasteiger partial charge on any atom is -0.477 e. The number of hydrogen-bond donors (Lipinski definition) is 3.